The first-order chi connectivity index (χ1) is 12.3. The highest BCUT2D eigenvalue weighted by atomic mass is 32.2. The number of esters is 1. The van der Waals surface area contributed by atoms with Crippen LogP contribution >= 0.6 is 0 Å². The highest BCUT2D eigenvalue weighted by Gasteiger charge is 2.16. The van der Waals surface area contributed by atoms with Crippen LogP contribution in [0.2, 0.25) is 0 Å². The van der Waals surface area contributed by atoms with Gasteiger partial charge in [0.1, 0.15) is 0 Å². The predicted octanol–water partition coefficient (Wildman–Crippen LogP) is 2.15. The Morgan fingerprint density at radius 3 is 2.23 bits per heavy atom. The van der Waals surface area contributed by atoms with E-state index in [1.54, 1.807) is 6.07 Å². The molecule has 8 heteroatoms. The Balaban J connectivity index is 2.09. The van der Waals surface area contributed by atoms with E-state index < -0.39 is 28.2 Å². The minimum absolute atomic E-state index is 0.00170. The third-order valence-electron chi connectivity index (χ3n) is 3.54. The molecule has 0 amide bonds. The number of benzene rings is 2. The Bertz CT molecular complexity index is 932. The molecular formula is C18H18O7S. The van der Waals surface area contributed by atoms with Gasteiger partial charge in [0.2, 0.25) is 0 Å². The van der Waals surface area contributed by atoms with E-state index in [-0.39, 0.29) is 10.5 Å². The second-order valence-electron chi connectivity index (χ2n) is 5.37. The number of hydrogen-bond acceptors (Lipinski definition) is 7. The standard InChI is InChI=1S/C18H18O7S/c1-23-16-8-7-12(10-17(16)24-2)15(19)11-25-18(20)13-5-4-6-14(9-13)26(3,21)22/h4-10H,11H2,1-3H3. The summed E-state index contributed by atoms with van der Waals surface area (Å²) in [6, 6.07) is 10.0. The summed E-state index contributed by atoms with van der Waals surface area (Å²) in [6.45, 7) is -0.489. The van der Waals surface area contributed by atoms with E-state index in [4.69, 9.17) is 14.2 Å². The highest BCUT2D eigenvalue weighted by Crippen LogP contribution is 2.27. The maximum atomic E-state index is 12.2. The zero-order chi connectivity index (χ0) is 19.3. The predicted molar refractivity (Wildman–Crippen MR) is 93.7 cm³/mol. The van der Waals surface area contributed by atoms with Crippen molar-refractivity contribution in [2.45, 2.75) is 4.90 Å². The second-order valence-corrected chi connectivity index (χ2v) is 7.38. The monoisotopic (exact) mass is 378 g/mol. The molecule has 0 radical (unpaired) electrons. The Morgan fingerprint density at radius 1 is 0.923 bits per heavy atom. The van der Waals surface area contributed by atoms with Gasteiger partial charge in [0, 0.05) is 11.8 Å². The minimum atomic E-state index is -3.45. The quantitative estimate of drug-likeness (QED) is 0.538. The van der Waals surface area contributed by atoms with E-state index in [9.17, 15) is 18.0 Å². The molecule has 0 heterocycles. The van der Waals surface area contributed by atoms with Gasteiger partial charge in [-0.05, 0) is 36.4 Å². The van der Waals surface area contributed by atoms with Crippen molar-refractivity contribution in [3.8, 4) is 11.5 Å². The average Bonchev–Trinajstić information content (AvgIpc) is 2.64. The fraction of sp³-hybridized carbons (Fsp3) is 0.222. The molecule has 2 rings (SSSR count). The smallest absolute Gasteiger partial charge is 0.338 e. The van der Waals surface area contributed by atoms with Crippen LogP contribution in [0.4, 0.5) is 0 Å². The number of Topliss-reactive ketones (excluding diaryl/α,β-unsaturated/α-hetero) is 1. The van der Waals surface area contributed by atoms with Crippen LogP contribution in [0.25, 0.3) is 0 Å². The molecule has 138 valence electrons. The van der Waals surface area contributed by atoms with E-state index in [0.29, 0.717) is 17.1 Å². The second kappa shape index (κ2) is 8.01. The third kappa shape index (κ3) is 4.60. The highest BCUT2D eigenvalue weighted by molar-refractivity contribution is 7.90. The van der Waals surface area contributed by atoms with Crippen LogP contribution in [0, 0.1) is 0 Å². The van der Waals surface area contributed by atoms with Crippen molar-refractivity contribution < 1.29 is 32.2 Å². The van der Waals surface area contributed by atoms with Gasteiger partial charge in [-0.3, -0.25) is 4.79 Å². The molecule has 26 heavy (non-hydrogen) atoms. The fourth-order valence-corrected chi connectivity index (χ4v) is 2.83. The van der Waals surface area contributed by atoms with Crippen LogP contribution in [0.15, 0.2) is 47.4 Å². The number of carbonyl (C=O) groups is 2. The van der Waals surface area contributed by atoms with Gasteiger partial charge in [-0.1, -0.05) is 6.07 Å². The molecule has 0 aliphatic rings. The molecule has 0 aliphatic heterocycles. The van der Waals surface area contributed by atoms with Gasteiger partial charge in [0.25, 0.3) is 0 Å². The number of rotatable bonds is 7. The first-order valence-corrected chi connectivity index (χ1v) is 9.38. The van der Waals surface area contributed by atoms with Crippen molar-refractivity contribution >= 4 is 21.6 Å². The SMILES string of the molecule is COc1ccc(C(=O)COC(=O)c2cccc(S(C)(=O)=O)c2)cc1OC. The van der Waals surface area contributed by atoms with Gasteiger partial charge in [0.15, 0.2) is 33.7 Å². The van der Waals surface area contributed by atoms with Gasteiger partial charge in [-0.15, -0.1) is 0 Å². The number of methoxy groups -OCH3 is 2. The molecule has 0 unspecified atom stereocenters. The van der Waals surface area contributed by atoms with Gasteiger partial charge in [0.05, 0.1) is 24.7 Å². The van der Waals surface area contributed by atoms with Crippen LogP contribution in [0.1, 0.15) is 20.7 Å². The maximum absolute atomic E-state index is 12.2. The summed E-state index contributed by atoms with van der Waals surface area (Å²) < 4.78 is 38.3. The van der Waals surface area contributed by atoms with Gasteiger partial charge in [-0.25, -0.2) is 13.2 Å². The average molecular weight is 378 g/mol. The zero-order valence-corrected chi connectivity index (χ0v) is 15.3. The summed E-state index contributed by atoms with van der Waals surface area (Å²) in [5.41, 5.74) is 0.341. The molecule has 0 atom stereocenters. The Hall–Kier alpha value is -2.87. The molecule has 0 aromatic heterocycles. The first kappa shape index (κ1) is 19.5. The summed E-state index contributed by atoms with van der Waals surface area (Å²) >= 11 is 0. The lowest BCUT2D eigenvalue weighted by Gasteiger charge is -2.09. The van der Waals surface area contributed by atoms with Gasteiger partial charge < -0.3 is 14.2 Å². The topological polar surface area (TPSA) is 96.0 Å². The van der Waals surface area contributed by atoms with Crippen molar-refractivity contribution in [2.75, 3.05) is 27.1 Å². The fourth-order valence-electron chi connectivity index (χ4n) is 2.16. The molecule has 0 saturated heterocycles. The molecule has 0 aliphatic carbocycles. The molecule has 0 spiro atoms. The van der Waals surface area contributed by atoms with Crippen molar-refractivity contribution in [3.63, 3.8) is 0 Å². The van der Waals surface area contributed by atoms with Crippen LogP contribution in [0.3, 0.4) is 0 Å². The molecule has 0 saturated carbocycles. The number of carbonyl (C=O) groups excluding carboxylic acids is 2. The summed E-state index contributed by atoms with van der Waals surface area (Å²) in [7, 11) is -0.525. The molecule has 2 aromatic carbocycles. The lowest BCUT2D eigenvalue weighted by Crippen LogP contribution is -2.15. The van der Waals surface area contributed by atoms with E-state index in [2.05, 4.69) is 0 Å². The molecule has 2 aromatic rings. The number of sulfone groups is 1. The number of hydrogen-bond donors (Lipinski definition) is 0. The Morgan fingerprint density at radius 2 is 1.62 bits per heavy atom. The van der Waals surface area contributed by atoms with Crippen LogP contribution in [0.5, 0.6) is 11.5 Å². The minimum Gasteiger partial charge on any atom is -0.493 e. The summed E-state index contributed by atoms with van der Waals surface area (Å²) in [4.78, 5) is 24.3. The molecule has 0 bridgehead atoms. The van der Waals surface area contributed by atoms with Crippen LogP contribution < -0.4 is 9.47 Å². The molecule has 0 fully saturated rings. The number of ether oxygens (including phenoxy) is 3. The van der Waals surface area contributed by atoms with E-state index in [0.717, 1.165) is 6.26 Å². The molecule has 0 N–H and O–H groups in total. The largest absolute Gasteiger partial charge is 0.493 e. The van der Waals surface area contributed by atoms with E-state index >= 15 is 0 Å². The lowest BCUT2D eigenvalue weighted by atomic mass is 10.1. The normalized spacial score (nSPS) is 10.9. The number of ketones is 1. The molecular weight excluding hydrogens is 360 g/mol. The van der Waals surface area contributed by atoms with Crippen molar-refractivity contribution in [1.82, 2.24) is 0 Å². The van der Waals surface area contributed by atoms with E-state index in [1.165, 1.54) is 50.6 Å². The van der Waals surface area contributed by atoms with Crippen LogP contribution in [-0.4, -0.2) is 47.3 Å². The first-order valence-electron chi connectivity index (χ1n) is 7.48. The van der Waals surface area contributed by atoms with Crippen molar-refractivity contribution in [3.05, 3.63) is 53.6 Å². The zero-order valence-electron chi connectivity index (χ0n) is 14.5. The Labute approximate surface area is 151 Å². The van der Waals surface area contributed by atoms with Gasteiger partial charge in [-0.2, -0.15) is 0 Å². The maximum Gasteiger partial charge on any atom is 0.338 e. The van der Waals surface area contributed by atoms with Gasteiger partial charge >= 0.3 is 5.97 Å². The molecule has 7 nitrogen and oxygen atoms in total. The van der Waals surface area contributed by atoms with Crippen molar-refractivity contribution in [2.24, 2.45) is 0 Å². The lowest BCUT2D eigenvalue weighted by molar-refractivity contribution is 0.0474. The van der Waals surface area contributed by atoms with E-state index in [1.807, 2.05) is 0 Å². The third-order valence-corrected chi connectivity index (χ3v) is 4.65. The Kier molecular flexibility index (Phi) is 5.99. The summed E-state index contributed by atoms with van der Waals surface area (Å²) in [5.74, 6) is -0.368. The van der Waals surface area contributed by atoms with Crippen molar-refractivity contribution in [1.29, 1.82) is 0 Å². The van der Waals surface area contributed by atoms with Crippen LogP contribution in [-0.2, 0) is 14.6 Å². The summed E-state index contributed by atoms with van der Waals surface area (Å²) in [6.07, 6.45) is 1.04. The summed E-state index contributed by atoms with van der Waals surface area (Å²) in [5, 5.41) is 0.